The van der Waals surface area contributed by atoms with Gasteiger partial charge in [-0.15, -0.1) is 0 Å². The molecule has 0 bridgehead atoms. The van der Waals surface area contributed by atoms with E-state index in [1.165, 1.54) is 0 Å². The molecule has 0 unspecified atom stereocenters. The monoisotopic (exact) mass is 310 g/mol. The second kappa shape index (κ2) is 7.45. The van der Waals surface area contributed by atoms with E-state index in [0.29, 0.717) is 17.0 Å². The van der Waals surface area contributed by atoms with Gasteiger partial charge in [-0.05, 0) is 39.2 Å². The summed E-state index contributed by atoms with van der Waals surface area (Å²) in [6.45, 7) is 10.7. The Labute approximate surface area is 131 Å². The summed E-state index contributed by atoms with van der Waals surface area (Å²) in [7, 11) is 0. The molecule has 0 fully saturated rings. The molecule has 22 heavy (non-hydrogen) atoms. The van der Waals surface area contributed by atoms with Crippen LogP contribution in [0.15, 0.2) is 0 Å². The normalized spacial score (nSPS) is 13.8. The summed E-state index contributed by atoms with van der Waals surface area (Å²) in [5, 5.41) is 12.5. The Balaban J connectivity index is 2.67. The average molecular weight is 310 g/mol. The number of aliphatic hydroxyl groups excluding tert-OH is 1. The molecule has 0 aromatic carbocycles. The first-order chi connectivity index (χ1) is 10.1. The lowest BCUT2D eigenvalue weighted by molar-refractivity contribution is -0.125. The highest BCUT2D eigenvalue weighted by Crippen LogP contribution is 2.24. The maximum atomic E-state index is 12.1. The van der Waals surface area contributed by atoms with Crippen molar-refractivity contribution < 1.29 is 19.4 Å². The second-order valence-corrected chi connectivity index (χ2v) is 6.02. The van der Waals surface area contributed by atoms with E-state index in [4.69, 9.17) is 4.74 Å². The Hall–Kier alpha value is -1.82. The SMILES string of the molecule is Cc1[nH]c(C(=O)OCC(=O)N[C@H](C)C(C)C)c(C)c1[C@H](C)O. The number of esters is 1. The number of rotatable bonds is 6. The van der Waals surface area contributed by atoms with Crippen molar-refractivity contribution in [3.05, 3.63) is 22.5 Å². The van der Waals surface area contributed by atoms with Crippen molar-refractivity contribution in [1.82, 2.24) is 10.3 Å². The Morgan fingerprint density at radius 3 is 2.27 bits per heavy atom. The molecule has 0 saturated heterocycles. The first kappa shape index (κ1) is 18.2. The summed E-state index contributed by atoms with van der Waals surface area (Å²) in [6, 6.07) is 0.0162. The standard InChI is InChI=1S/C16H26N2O4/c1-8(2)10(4)17-13(20)7-22-16(21)15-9(3)14(12(6)19)11(5)18-15/h8,10,12,18-19H,7H2,1-6H3,(H,17,20)/t10-,12+/m1/s1. The molecular weight excluding hydrogens is 284 g/mol. The van der Waals surface area contributed by atoms with Crippen molar-refractivity contribution in [3.8, 4) is 0 Å². The van der Waals surface area contributed by atoms with Crippen molar-refractivity contribution >= 4 is 11.9 Å². The second-order valence-electron chi connectivity index (χ2n) is 6.02. The van der Waals surface area contributed by atoms with E-state index in [-0.39, 0.29) is 24.2 Å². The third-order valence-corrected chi connectivity index (χ3v) is 3.84. The van der Waals surface area contributed by atoms with Crippen LogP contribution in [0.25, 0.3) is 0 Å². The zero-order valence-corrected chi connectivity index (χ0v) is 14.1. The summed E-state index contributed by atoms with van der Waals surface area (Å²) in [6.07, 6.45) is -0.673. The van der Waals surface area contributed by atoms with Crippen LogP contribution in [-0.2, 0) is 9.53 Å². The highest BCUT2D eigenvalue weighted by atomic mass is 16.5. The minimum absolute atomic E-state index is 0.0162. The van der Waals surface area contributed by atoms with Gasteiger partial charge in [-0.2, -0.15) is 0 Å². The summed E-state index contributed by atoms with van der Waals surface area (Å²) in [4.78, 5) is 26.7. The van der Waals surface area contributed by atoms with E-state index in [2.05, 4.69) is 10.3 Å². The number of nitrogens with one attached hydrogen (secondary N) is 2. The summed E-state index contributed by atoms with van der Waals surface area (Å²) in [5.41, 5.74) is 2.33. The lowest BCUT2D eigenvalue weighted by Gasteiger charge is -2.17. The largest absolute Gasteiger partial charge is 0.451 e. The minimum Gasteiger partial charge on any atom is -0.451 e. The highest BCUT2D eigenvalue weighted by molar-refractivity contribution is 5.91. The molecule has 0 aliphatic rings. The van der Waals surface area contributed by atoms with Crippen LogP contribution in [0.2, 0.25) is 0 Å². The third-order valence-electron chi connectivity index (χ3n) is 3.84. The van der Waals surface area contributed by atoms with Gasteiger partial charge in [0.15, 0.2) is 6.61 Å². The molecule has 1 aromatic heterocycles. The van der Waals surface area contributed by atoms with Crippen LogP contribution in [0.1, 0.15) is 61.1 Å². The van der Waals surface area contributed by atoms with Crippen molar-refractivity contribution in [2.75, 3.05) is 6.61 Å². The number of amides is 1. The Morgan fingerprint density at radius 1 is 1.23 bits per heavy atom. The first-order valence-corrected chi connectivity index (χ1v) is 7.48. The zero-order chi connectivity index (χ0) is 17.0. The van der Waals surface area contributed by atoms with E-state index >= 15 is 0 Å². The van der Waals surface area contributed by atoms with Crippen LogP contribution in [0, 0.1) is 19.8 Å². The molecule has 0 spiro atoms. The Morgan fingerprint density at radius 2 is 1.82 bits per heavy atom. The van der Waals surface area contributed by atoms with Gasteiger partial charge in [-0.25, -0.2) is 4.79 Å². The quantitative estimate of drug-likeness (QED) is 0.701. The summed E-state index contributed by atoms with van der Waals surface area (Å²) in [5.74, 6) is -0.618. The van der Waals surface area contributed by atoms with Crippen molar-refractivity contribution in [2.24, 2.45) is 5.92 Å². The van der Waals surface area contributed by atoms with Crippen LogP contribution in [0.4, 0.5) is 0 Å². The number of carbonyl (C=O) groups excluding carboxylic acids is 2. The van der Waals surface area contributed by atoms with Gasteiger partial charge >= 0.3 is 5.97 Å². The molecule has 124 valence electrons. The van der Waals surface area contributed by atoms with Crippen LogP contribution < -0.4 is 5.32 Å². The predicted molar refractivity (Wildman–Crippen MR) is 83.6 cm³/mol. The molecule has 6 heteroatoms. The zero-order valence-electron chi connectivity index (χ0n) is 14.1. The number of carbonyl (C=O) groups is 2. The molecule has 3 N–H and O–H groups in total. The van der Waals surface area contributed by atoms with E-state index in [0.717, 1.165) is 5.69 Å². The van der Waals surface area contributed by atoms with Crippen LogP contribution >= 0.6 is 0 Å². The molecule has 1 amide bonds. The van der Waals surface area contributed by atoms with Crippen LogP contribution in [0.3, 0.4) is 0 Å². The van der Waals surface area contributed by atoms with E-state index in [1.54, 1.807) is 20.8 Å². The minimum atomic E-state index is -0.673. The molecule has 1 heterocycles. The molecule has 6 nitrogen and oxygen atoms in total. The van der Waals surface area contributed by atoms with Crippen LogP contribution in [0.5, 0.6) is 0 Å². The number of aryl methyl sites for hydroxylation is 1. The van der Waals surface area contributed by atoms with Gasteiger partial charge in [-0.1, -0.05) is 13.8 Å². The number of H-pyrrole nitrogens is 1. The fourth-order valence-electron chi connectivity index (χ4n) is 2.26. The van der Waals surface area contributed by atoms with Crippen molar-refractivity contribution in [1.29, 1.82) is 0 Å². The number of hydrogen-bond donors (Lipinski definition) is 3. The summed E-state index contributed by atoms with van der Waals surface area (Å²) >= 11 is 0. The molecular formula is C16H26N2O4. The lowest BCUT2D eigenvalue weighted by atomic mass is 10.1. The van der Waals surface area contributed by atoms with Gasteiger partial charge in [0.05, 0.1) is 6.10 Å². The highest BCUT2D eigenvalue weighted by Gasteiger charge is 2.21. The molecule has 1 rings (SSSR count). The smallest absolute Gasteiger partial charge is 0.355 e. The molecule has 0 radical (unpaired) electrons. The number of aliphatic hydroxyl groups is 1. The summed E-state index contributed by atoms with van der Waals surface area (Å²) < 4.78 is 5.04. The van der Waals surface area contributed by atoms with E-state index in [1.807, 2.05) is 20.8 Å². The first-order valence-electron chi connectivity index (χ1n) is 7.48. The maximum Gasteiger partial charge on any atom is 0.355 e. The average Bonchev–Trinajstić information content (AvgIpc) is 2.71. The van der Waals surface area contributed by atoms with Gasteiger partial charge < -0.3 is 20.1 Å². The fraction of sp³-hybridized carbons (Fsp3) is 0.625. The third kappa shape index (κ3) is 4.34. The Bertz CT molecular complexity index is 547. The molecule has 0 saturated carbocycles. The molecule has 0 aliphatic carbocycles. The molecule has 0 aliphatic heterocycles. The maximum absolute atomic E-state index is 12.1. The van der Waals surface area contributed by atoms with Gasteiger partial charge in [0.25, 0.3) is 5.91 Å². The number of ether oxygens (including phenoxy) is 1. The fourth-order valence-corrected chi connectivity index (χ4v) is 2.26. The molecule has 2 atom stereocenters. The van der Waals surface area contributed by atoms with Gasteiger partial charge in [-0.3, -0.25) is 4.79 Å². The van der Waals surface area contributed by atoms with E-state index < -0.39 is 12.1 Å². The number of aromatic amines is 1. The Kier molecular flexibility index (Phi) is 6.17. The van der Waals surface area contributed by atoms with Gasteiger partial charge in [0.1, 0.15) is 5.69 Å². The van der Waals surface area contributed by atoms with E-state index in [9.17, 15) is 14.7 Å². The lowest BCUT2D eigenvalue weighted by Crippen LogP contribution is -2.38. The van der Waals surface area contributed by atoms with Crippen molar-refractivity contribution in [2.45, 2.75) is 53.7 Å². The van der Waals surface area contributed by atoms with Gasteiger partial charge in [0, 0.05) is 17.3 Å². The van der Waals surface area contributed by atoms with Gasteiger partial charge in [0.2, 0.25) is 0 Å². The topological polar surface area (TPSA) is 91.4 Å². The molecule has 1 aromatic rings. The van der Waals surface area contributed by atoms with Crippen LogP contribution in [-0.4, -0.2) is 34.6 Å². The number of aromatic nitrogens is 1. The van der Waals surface area contributed by atoms with Crippen molar-refractivity contribution in [3.63, 3.8) is 0 Å². The predicted octanol–water partition coefficient (Wildman–Crippen LogP) is 2.00. The number of hydrogen-bond acceptors (Lipinski definition) is 4.